The number of ether oxygens (including phenoxy) is 11. The summed E-state index contributed by atoms with van der Waals surface area (Å²) in [6.45, 7) is 12.4. The summed E-state index contributed by atoms with van der Waals surface area (Å²) in [6, 6.07) is 8.60. The average Bonchev–Trinajstić information content (AvgIpc) is 1.47. The van der Waals surface area contributed by atoms with Crippen LogP contribution in [0.2, 0.25) is 0 Å². The van der Waals surface area contributed by atoms with E-state index in [1.54, 1.807) is 58.9 Å². The maximum Gasteiger partial charge on any atom is 0.416 e. The molecule has 0 bridgehead atoms. The van der Waals surface area contributed by atoms with Gasteiger partial charge < -0.3 is 97.4 Å². The Balaban J connectivity index is 1.03. The number of benzene rings is 2. The number of anilines is 3. The van der Waals surface area contributed by atoms with Crippen molar-refractivity contribution in [2.24, 2.45) is 14.1 Å². The van der Waals surface area contributed by atoms with Gasteiger partial charge in [-0.3, -0.25) is 38.4 Å². The van der Waals surface area contributed by atoms with Crippen molar-refractivity contribution in [1.29, 1.82) is 0 Å². The van der Waals surface area contributed by atoms with Gasteiger partial charge in [-0.05, 0) is 75.9 Å². The SMILES string of the molecule is C=C1C[C@H]2C(O)N(C(=O)OCc3ccc(O[C@@H]4O[C@H](C(=O)OC)[C@@H](OC(C)=O)[C@H](OC(C)=O)[C@H]4OC(C)=O)c(C(=O)NCCOC)c3)c3cc(OCCCC(=O)Nc4cc(C(=O)Nc5cc(C(=O)NCCCN(C)C(=O)OC(C)(C)C)n(C)c5)n(C)c4)c(OC)cc3C(=O)N2C1. The van der Waals surface area contributed by atoms with E-state index in [2.05, 4.69) is 27.8 Å². The minimum Gasteiger partial charge on any atom is -0.493 e. The Hall–Kier alpha value is -10.2. The van der Waals surface area contributed by atoms with Crippen molar-refractivity contribution in [2.75, 3.05) is 83.3 Å². The van der Waals surface area contributed by atoms with E-state index >= 15 is 0 Å². The molecule has 0 spiro atoms. The third-order valence-corrected chi connectivity index (χ3v) is 14.9. The molecule has 520 valence electrons. The Bertz CT molecular complexity index is 3610. The normalized spacial score (nSPS) is 18.9. The largest absolute Gasteiger partial charge is 0.493 e. The van der Waals surface area contributed by atoms with E-state index in [-0.39, 0.29) is 103 Å². The quantitative estimate of drug-likeness (QED) is 0.0256. The molecule has 7 rings (SSSR count). The molecule has 32 heteroatoms. The van der Waals surface area contributed by atoms with Crippen molar-refractivity contribution in [3.05, 3.63) is 95.1 Å². The van der Waals surface area contributed by atoms with Crippen LogP contribution >= 0.6 is 0 Å². The Kier molecular flexibility index (Phi) is 24.6. The van der Waals surface area contributed by atoms with Gasteiger partial charge in [0.15, 0.2) is 36.0 Å². The summed E-state index contributed by atoms with van der Waals surface area (Å²) in [5.74, 6) is -6.81. The van der Waals surface area contributed by atoms with Crippen molar-refractivity contribution in [2.45, 2.75) is 122 Å². The number of carbonyl (C=O) groups is 11. The van der Waals surface area contributed by atoms with Crippen molar-refractivity contribution >= 4 is 82.7 Å². The molecule has 32 nitrogen and oxygen atoms in total. The highest BCUT2D eigenvalue weighted by Crippen LogP contribution is 2.42. The average molecular weight is 1340 g/mol. The van der Waals surface area contributed by atoms with Gasteiger partial charge in [0.05, 0.1) is 61.7 Å². The van der Waals surface area contributed by atoms with Crippen molar-refractivity contribution in [3.8, 4) is 17.2 Å². The van der Waals surface area contributed by atoms with Gasteiger partial charge in [0.25, 0.3) is 23.6 Å². The van der Waals surface area contributed by atoms with E-state index in [1.807, 2.05) is 0 Å². The Morgan fingerprint density at radius 1 is 0.750 bits per heavy atom. The fourth-order valence-electron chi connectivity index (χ4n) is 10.6. The van der Waals surface area contributed by atoms with Gasteiger partial charge in [-0.15, -0.1) is 0 Å². The summed E-state index contributed by atoms with van der Waals surface area (Å²) in [4.78, 5) is 149. The Morgan fingerprint density at radius 2 is 1.39 bits per heavy atom. The lowest BCUT2D eigenvalue weighted by Crippen LogP contribution is -2.64. The number of amides is 7. The Labute approximate surface area is 552 Å². The van der Waals surface area contributed by atoms with Gasteiger partial charge in [-0.1, -0.05) is 18.2 Å². The molecule has 2 aromatic carbocycles. The summed E-state index contributed by atoms with van der Waals surface area (Å²) >= 11 is 0. The van der Waals surface area contributed by atoms with Gasteiger partial charge in [0, 0.05) is 100 Å². The molecule has 5 heterocycles. The first-order valence-corrected chi connectivity index (χ1v) is 30.4. The van der Waals surface area contributed by atoms with E-state index in [1.165, 1.54) is 71.1 Å². The Morgan fingerprint density at radius 3 is 2.02 bits per heavy atom. The number of nitrogens with one attached hydrogen (secondary N) is 4. The number of fused-ring (bicyclic) bond motifs is 2. The lowest BCUT2D eigenvalue weighted by atomic mass is 9.97. The standard InChI is InChI=1S/C64H81N9O23/c1-34-24-46-59(82)73(63(85)90-33-38-17-18-47(42(25-38)55(78)66-20-23-86-11)94-61-54(93-37(4)76)52(92-36(3)75)51(91-35(2)74)53(95-61)60(83)88-13)43-29-49(48(87-12)28-41(43)58(81)72(46)30-34)89-22-14-16-50(77)67-39-26-45(71(10)31-39)57(80)68-40-27-44(70(9)32-40)56(79)65-19-15-21-69(8)62(84)96-64(5,6)7/h17-18,25-29,31-32,46,51-54,59,61,82H,1,14-16,19-24,30,33H2,2-13H3,(H,65,79)(H,66,78)(H,67,77)(H,68,80)/t46-,51-,52-,53-,54+,59?,61+/m0/s1. The zero-order valence-electron chi connectivity index (χ0n) is 55.4. The van der Waals surface area contributed by atoms with Crippen molar-refractivity contribution in [1.82, 2.24) is 29.6 Å². The predicted octanol–water partition coefficient (Wildman–Crippen LogP) is 4.10. The van der Waals surface area contributed by atoms with Gasteiger partial charge in [-0.25, -0.2) is 19.3 Å². The number of nitrogens with zero attached hydrogens (tertiary/aromatic N) is 5. The summed E-state index contributed by atoms with van der Waals surface area (Å²) in [7, 11) is 8.63. The summed E-state index contributed by atoms with van der Waals surface area (Å²) in [6.07, 6.45) is -8.48. The zero-order valence-corrected chi connectivity index (χ0v) is 55.4. The second-order valence-corrected chi connectivity index (χ2v) is 23.6. The highest BCUT2D eigenvalue weighted by molar-refractivity contribution is 6.07. The lowest BCUT2D eigenvalue weighted by Gasteiger charge is -2.43. The first kappa shape index (κ1) is 73.2. The first-order chi connectivity index (χ1) is 45.4. The van der Waals surface area contributed by atoms with Crippen LogP contribution in [0, 0.1) is 0 Å². The fourth-order valence-corrected chi connectivity index (χ4v) is 10.6. The maximum atomic E-state index is 14.6. The van der Waals surface area contributed by atoms with Gasteiger partial charge in [0.1, 0.15) is 29.3 Å². The summed E-state index contributed by atoms with van der Waals surface area (Å²) < 4.78 is 64.5. The molecule has 1 unspecified atom stereocenters. The third-order valence-electron chi connectivity index (χ3n) is 14.9. The second kappa shape index (κ2) is 32.3. The molecule has 2 fully saturated rings. The number of esters is 4. The van der Waals surface area contributed by atoms with Crippen LogP contribution in [-0.4, -0.2) is 206 Å². The van der Waals surface area contributed by atoms with E-state index in [9.17, 15) is 57.8 Å². The van der Waals surface area contributed by atoms with E-state index < -0.39 is 121 Å². The number of aryl methyl sites for hydroxylation is 2. The van der Waals surface area contributed by atoms with E-state index in [0.717, 1.165) is 32.8 Å². The van der Waals surface area contributed by atoms with Crippen LogP contribution in [0.4, 0.5) is 26.7 Å². The fraction of sp³-hybridized carbons (Fsp3) is 0.484. The summed E-state index contributed by atoms with van der Waals surface area (Å²) in [5, 5.41) is 23.1. The molecule has 7 amide bonds. The first-order valence-electron chi connectivity index (χ1n) is 30.4. The molecule has 0 aliphatic carbocycles. The van der Waals surface area contributed by atoms with Crippen LogP contribution < -0.4 is 40.4 Å². The molecule has 7 atom stereocenters. The summed E-state index contributed by atoms with van der Waals surface area (Å²) in [5.41, 5.74) is 0.775. The molecular weight excluding hydrogens is 1260 g/mol. The highest BCUT2D eigenvalue weighted by Gasteiger charge is 2.56. The second-order valence-electron chi connectivity index (χ2n) is 23.6. The molecule has 3 aliphatic rings. The molecule has 2 aromatic heterocycles. The molecule has 2 saturated heterocycles. The number of aliphatic hydroxyl groups excluding tert-OH is 1. The van der Waals surface area contributed by atoms with Crippen LogP contribution in [0.15, 0.2) is 67.0 Å². The van der Waals surface area contributed by atoms with Gasteiger partial charge >= 0.3 is 36.1 Å². The monoisotopic (exact) mass is 1340 g/mol. The molecule has 3 aliphatic heterocycles. The molecule has 0 saturated carbocycles. The van der Waals surface area contributed by atoms with Gasteiger partial charge in [0.2, 0.25) is 18.3 Å². The van der Waals surface area contributed by atoms with Crippen LogP contribution in [0.3, 0.4) is 0 Å². The zero-order chi connectivity index (χ0) is 70.5. The van der Waals surface area contributed by atoms with Crippen LogP contribution in [0.25, 0.3) is 0 Å². The van der Waals surface area contributed by atoms with Gasteiger partial charge in [-0.2, -0.15) is 0 Å². The van der Waals surface area contributed by atoms with E-state index in [4.69, 9.17) is 52.1 Å². The third kappa shape index (κ3) is 18.6. The minimum atomic E-state index is -1.86. The number of hydrogen-bond donors (Lipinski definition) is 5. The lowest BCUT2D eigenvalue weighted by molar-refractivity contribution is -0.282. The maximum absolute atomic E-state index is 14.6. The molecule has 96 heavy (non-hydrogen) atoms. The van der Waals surface area contributed by atoms with Crippen molar-refractivity contribution in [3.63, 3.8) is 0 Å². The van der Waals surface area contributed by atoms with Crippen LogP contribution in [0.5, 0.6) is 17.2 Å². The topological polar surface area (TPSA) is 377 Å². The molecular formula is C64H81N9O23. The number of carbonyl (C=O) groups excluding carboxylic acids is 11. The number of aromatic nitrogens is 2. The number of hydrogen-bond acceptors (Lipinski definition) is 23. The van der Waals surface area contributed by atoms with Crippen molar-refractivity contribution < 1.29 is 110 Å². The van der Waals surface area contributed by atoms with Crippen LogP contribution in [-0.2, 0) is 82.6 Å². The number of rotatable bonds is 26. The smallest absolute Gasteiger partial charge is 0.416 e. The van der Waals surface area contributed by atoms with E-state index in [0.29, 0.717) is 29.9 Å². The predicted molar refractivity (Wildman–Crippen MR) is 337 cm³/mol. The minimum absolute atomic E-state index is 0.0137. The number of methoxy groups -OCH3 is 3. The highest BCUT2D eigenvalue weighted by atomic mass is 16.7. The number of aliphatic hydroxyl groups is 1. The molecule has 4 aromatic rings. The molecule has 5 N–H and O–H groups in total. The molecule has 0 radical (unpaired) electrons. The van der Waals surface area contributed by atoms with Crippen LogP contribution in [0.1, 0.15) is 114 Å².